The van der Waals surface area contributed by atoms with Crippen molar-refractivity contribution in [1.82, 2.24) is 0 Å². The van der Waals surface area contributed by atoms with Crippen LogP contribution in [0.25, 0.3) is 0 Å². The average Bonchev–Trinajstić information content (AvgIpc) is 2.14. The molecule has 0 saturated heterocycles. The van der Waals surface area contributed by atoms with Crippen molar-refractivity contribution in [3.05, 3.63) is 35.4 Å². The van der Waals surface area contributed by atoms with Gasteiger partial charge in [-0.1, -0.05) is 45.0 Å². The van der Waals surface area contributed by atoms with Crippen LogP contribution in [-0.2, 0) is 12.4 Å². The summed E-state index contributed by atoms with van der Waals surface area (Å²) in [4.78, 5) is 0. The van der Waals surface area contributed by atoms with Crippen LogP contribution in [-0.4, -0.2) is 9.85 Å². The average molecular weight is 210 g/mol. The van der Waals surface area contributed by atoms with E-state index < -0.39 is 0 Å². The second-order valence-corrected chi connectivity index (χ2v) is 6.18. The number of rotatable bonds is 3. The van der Waals surface area contributed by atoms with Gasteiger partial charge in [0, 0.05) is 10.5 Å². The van der Waals surface area contributed by atoms with Crippen molar-refractivity contribution in [2.24, 2.45) is 0 Å². The maximum absolute atomic E-state index is 8.88. The maximum atomic E-state index is 8.88. The lowest BCUT2D eigenvalue weighted by molar-refractivity contribution is 0.282. The second kappa shape index (κ2) is 4.85. The van der Waals surface area contributed by atoms with Crippen LogP contribution in [0.1, 0.15) is 31.9 Å². The number of thioether (sulfide) groups is 1. The van der Waals surface area contributed by atoms with Gasteiger partial charge in [-0.25, -0.2) is 0 Å². The van der Waals surface area contributed by atoms with Gasteiger partial charge in [0.15, 0.2) is 0 Å². The van der Waals surface area contributed by atoms with Gasteiger partial charge in [-0.15, -0.1) is 0 Å². The predicted molar refractivity (Wildman–Crippen MR) is 63.4 cm³/mol. The summed E-state index contributed by atoms with van der Waals surface area (Å²) in [7, 11) is 0. The Hall–Kier alpha value is -0.470. The first kappa shape index (κ1) is 11.6. The summed E-state index contributed by atoms with van der Waals surface area (Å²) in [6.07, 6.45) is 0. The van der Waals surface area contributed by atoms with Crippen molar-refractivity contribution >= 4 is 11.8 Å². The minimum absolute atomic E-state index is 0.132. The highest BCUT2D eigenvalue weighted by Crippen LogP contribution is 2.27. The molecule has 0 aliphatic rings. The molecular formula is C12H18OS. The Balaban J connectivity index is 2.52. The third-order valence-electron chi connectivity index (χ3n) is 1.88. The van der Waals surface area contributed by atoms with Gasteiger partial charge >= 0.3 is 0 Å². The Kier molecular flexibility index (Phi) is 4.02. The molecule has 1 rings (SSSR count). The Morgan fingerprint density at radius 2 is 1.57 bits per heavy atom. The number of aliphatic hydroxyl groups is 1. The van der Waals surface area contributed by atoms with Crippen LogP contribution in [0.2, 0.25) is 0 Å². The number of benzene rings is 1. The van der Waals surface area contributed by atoms with Crippen molar-refractivity contribution in [3.8, 4) is 0 Å². The summed E-state index contributed by atoms with van der Waals surface area (Å²) < 4.78 is 0.315. The molecule has 0 atom stereocenters. The summed E-state index contributed by atoms with van der Waals surface area (Å²) in [5.74, 6) is 1.04. The smallest absolute Gasteiger partial charge is 0.0681 e. The van der Waals surface area contributed by atoms with E-state index in [0.717, 1.165) is 11.3 Å². The lowest BCUT2D eigenvalue weighted by atomic mass is 10.2. The van der Waals surface area contributed by atoms with Crippen molar-refractivity contribution in [1.29, 1.82) is 0 Å². The van der Waals surface area contributed by atoms with Gasteiger partial charge in [-0.3, -0.25) is 0 Å². The van der Waals surface area contributed by atoms with Crippen molar-refractivity contribution in [2.45, 2.75) is 37.9 Å². The van der Waals surface area contributed by atoms with Crippen LogP contribution in [0.4, 0.5) is 0 Å². The fraction of sp³-hybridized carbons (Fsp3) is 0.500. The van der Waals surface area contributed by atoms with Crippen LogP contribution in [0.15, 0.2) is 24.3 Å². The summed E-state index contributed by atoms with van der Waals surface area (Å²) >= 11 is 1.94. The third kappa shape index (κ3) is 4.16. The van der Waals surface area contributed by atoms with Crippen molar-refractivity contribution < 1.29 is 5.11 Å². The lowest BCUT2D eigenvalue weighted by Crippen LogP contribution is -2.07. The highest BCUT2D eigenvalue weighted by atomic mass is 32.2. The van der Waals surface area contributed by atoms with Crippen molar-refractivity contribution in [3.63, 3.8) is 0 Å². The van der Waals surface area contributed by atoms with E-state index in [2.05, 4.69) is 32.9 Å². The van der Waals surface area contributed by atoms with Crippen LogP contribution < -0.4 is 0 Å². The monoisotopic (exact) mass is 210 g/mol. The Labute approximate surface area is 90.5 Å². The van der Waals surface area contributed by atoms with Crippen molar-refractivity contribution in [2.75, 3.05) is 0 Å². The topological polar surface area (TPSA) is 20.2 Å². The molecule has 14 heavy (non-hydrogen) atoms. The fourth-order valence-electron chi connectivity index (χ4n) is 1.04. The fourth-order valence-corrected chi connectivity index (χ4v) is 1.83. The van der Waals surface area contributed by atoms with Gasteiger partial charge in [0.2, 0.25) is 0 Å². The molecular weight excluding hydrogens is 192 g/mol. The molecule has 0 radical (unpaired) electrons. The Bertz CT molecular complexity index is 271. The van der Waals surface area contributed by atoms with Gasteiger partial charge in [0.05, 0.1) is 6.61 Å². The lowest BCUT2D eigenvalue weighted by Gasteiger charge is -2.17. The number of aliphatic hydroxyl groups excluding tert-OH is 1. The third-order valence-corrected chi connectivity index (χ3v) is 3.22. The maximum Gasteiger partial charge on any atom is 0.0681 e. The Morgan fingerprint density at radius 1 is 1.07 bits per heavy atom. The van der Waals surface area contributed by atoms with E-state index in [1.165, 1.54) is 5.56 Å². The molecule has 0 fully saturated rings. The quantitative estimate of drug-likeness (QED) is 0.826. The molecule has 0 aliphatic heterocycles. The van der Waals surface area contributed by atoms with Crippen LogP contribution in [0, 0.1) is 0 Å². The van der Waals surface area contributed by atoms with E-state index in [0.29, 0.717) is 4.75 Å². The van der Waals surface area contributed by atoms with Crippen LogP contribution >= 0.6 is 11.8 Å². The highest BCUT2D eigenvalue weighted by Gasteiger charge is 2.10. The molecule has 1 N–H and O–H groups in total. The Morgan fingerprint density at radius 3 is 2.00 bits per heavy atom. The molecule has 0 aliphatic carbocycles. The highest BCUT2D eigenvalue weighted by molar-refractivity contribution is 7.99. The van der Waals surface area contributed by atoms with E-state index in [1.807, 2.05) is 23.9 Å². The largest absolute Gasteiger partial charge is 0.392 e. The molecule has 1 aromatic rings. The molecule has 2 heteroatoms. The van der Waals surface area contributed by atoms with Crippen LogP contribution in [0.3, 0.4) is 0 Å². The molecule has 0 amide bonds. The molecule has 0 unspecified atom stereocenters. The van der Waals surface area contributed by atoms with Gasteiger partial charge in [-0.05, 0) is 11.1 Å². The molecule has 1 aromatic carbocycles. The minimum Gasteiger partial charge on any atom is -0.392 e. The van der Waals surface area contributed by atoms with E-state index in [4.69, 9.17) is 5.11 Å². The molecule has 0 bridgehead atoms. The zero-order valence-corrected chi connectivity index (χ0v) is 9.90. The van der Waals surface area contributed by atoms with Gasteiger partial charge in [-0.2, -0.15) is 11.8 Å². The normalized spacial score (nSPS) is 11.7. The van der Waals surface area contributed by atoms with E-state index in [-0.39, 0.29) is 6.61 Å². The summed E-state index contributed by atoms with van der Waals surface area (Å²) in [6.45, 7) is 6.80. The first-order valence-electron chi connectivity index (χ1n) is 4.84. The first-order chi connectivity index (χ1) is 6.51. The van der Waals surface area contributed by atoms with Gasteiger partial charge in [0.25, 0.3) is 0 Å². The predicted octanol–water partition coefficient (Wildman–Crippen LogP) is 3.21. The molecule has 0 aromatic heterocycles. The molecule has 78 valence electrons. The SMILES string of the molecule is CC(C)(C)SCc1ccc(CO)cc1. The minimum atomic E-state index is 0.132. The van der Waals surface area contributed by atoms with Crippen LogP contribution in [0.5, 0.6) is 0 Å². The van der Waals surface area contributed by atoms with E-state index >= 15 is 0 Å². The molecule has 0 heterocycles. The number of hydrogen-bond donors (Lipinski definition) is 1. The first-order valence-corrected chi connectivity index (χ1v) is 5.82. The summed E-state index contributed by atoms with van der Waals surface area (Å²) in [5.41, 5.74) is 2.30. The van der Waals surface area contributed by atoms with Gasteiger partial charge in [0.1, 0.15) is 0 Å². The second-order valence-electron chi connectivity index (χ2n) is 4.38. The molecule has 0 spiro atoms. The van der Waals surface area contributed by atoms with Gasteiger partial charge < -0.3 is 5.11 Å². The van der Waals surface area contributed by atoms with E-state index in [9.17, 15) is 0 Å². The standard InChI is InChI=1S/C12H18OS/c1-12(2,3)14-9-11-6-4-10(8-13)5-7-11/h4-7,13H,8-9H2,1-3H3. The number of hydrogen-bond acceptors (Lipinski definition) is 2. The zero-order valence-electron chi connectivity index (χ0n) is 9.08. The molecule has 1 nitrogen and oxygen atoms in total. The summed E-state index contributed by atoms with van der Waals surface area (Å²) in [5, 5.41) is 8.88. The van der Waals surface area contributed by atoms with E-state index in [1.54, 1.807) is 0 Å². The molecule has 0 saturated carbocycles. The summed E-state index contributed by atoms with van der Waals surface area (Å²) in [6, 6.07) is 8.14. The zero-order chi connectivity index (χ0) is 10.6.